The van der Waals surface area contributed by atoms with Gasteiger partial charge in [-0.3, -0.25) is 9.78 Å². The van der Waals surface area contributed by atoms with Crippen LogP contribution in [0.3, 0.4) is 0 Å². The maximum Gasteiger partial charge on any atom is 0.407 e. The Morgan fingerprint density at radius 3 is 2.77 bits per heavy atom. The number of carbonyl (C=O) groups excluding carboxylic acids is 2. The van der Waals surface area contributed by atoms with Crippen LogP contribution in [0.25, 0.3) is 0 Å². The van der Waals surface area contributed by atoms with Crippen LogP contribution >= 0.6 is 11.6 Å². The number of hydrogen-bond donors (Lipinski definition) is 2. The molecular weight excluding hydrogens is 360 g/mol. The number of hydrogen-bond acceptors (Lipinski definition) is 6. The zero-order valence-electron chi connectivity index (χ0n) is 14.8. The largest absolute Gasteiger partial charge is 0.448 e. The van der Waals surface area contributed by atoms with Gasteiger partial charge in [-0.25, -0.2) is 9.78 Å². The van der Waals surface area contributed by atoms with Gasteiger partial charge in [0.15, 0.2) is 11.6 Å². The first-order chi connectivity index (χ1) is 12.2. The third-order valence-electron chi connectivity index (χ3n) is 3.04. The van der Waals surface area contributed by atoms with Crippen LogP contribution in [-0.2, 0) is 17.7 Å². The summed E-state index contributed by atoms with van der Waals surface area (Å²) in [4.78, 5) is 31.8. The molecule has 0 saturated heterocycles. The molecule has 2 rings (SSSR count). The number of amides is 2. The van der Waals surface area contributed by atoms with Crippen LogP contribution in [0.15, 0.2) is 29.0 Å². The summed E-state index contributed by atoms with van der Waals surface area (Å²) in [5.74, 6) is -0.0658. The summed E-state index contributed by atoms with van der Waals surface area (Å²) >= 11 is 5.99. The number of halogens is 1. The number of nitrogens with zero attached hydrogens (tertiary/aromatic N) is 2. The molecule has 0 aliphatic rings. The van der Waals surface area contributed by atoms with Crippen molar-refractivity contribution in [2.75, 3.05) is 6.54 Å². The Morgan fingerprint density at radius 2 is 2.08 bits per heavy atom. The molecular formula is C17H21ClN4O4. The van der Waals surface area contributed by atoms with E-state index in [4.69, 9.17) is 20.8 Å². The van der Waals surface area contributed by atoms with Crippen LogP contribution in [-0.4, -0.2) is 34.1 Å². The van der Waals surface area contributed by atoms with E-state index in [1.165, 1.54) is 6.26 Å². The monoisotopic (exact) mass is 380 g/mol. The molecule has 0 atom stereocenters. The number of oxazole rings is 1. The van der Waals surface area contributed by atoms with E-state index < -0.39 is 17.6 Å². The van der Waals surface area contributed by atoms with Crippen LogP contribution in [0.5, 0.6) is 0 Å². The zero-order chi connectivity index (χ0) is 19.2. The highest BCUT2D eigenvalue weighted by atomic mass is 35.5. The number of nitrogens with one attached hydrogen (secondary N) is 2. The smallest absolute Gasteiger partial charge is 0.407 e. The van der Waals surface area contributed by atoms with Gasteiger partial charge in [0.25, 0.3) is 5.91 Å². The van der Waals surface area contributed by atoms with E-state index in [9.17, 15) is 9.59 Å². The van der Waals surface area contributed by atoms with Crippen molar-refractivity contribution in [2.45, 2.75) is 39.3 Å². The molecule has 0 aliphatic carbocycles. The fourth-order valence-corrected chi connectivity index (χ4v) is 2.11. The number of ether oxygens (including phenoxy) is 1. The first-order valence-electron chi connectivity index (χ1n) is 8.03. The topological polar surface area (TPSA) is 106 Å². The maximum atomic E-state index is 12.1. The third kappa shape index (κ3) is 6.36. The summed E-state index contributed by atoms with van der Waals surface area (Å²) in [7, 11) is 0. The molecule has 0 fully saturated rings. The highest BCUT2D eigenvalue weighted by Gasteiger charge is 2.16. The Bertz CT molecular complexity index is 770. The lowest BCUT2D eigenvalue weighted by atomic mass is 10.2. The fourth-order valence-electron chi connectivity index (χ4n) is 1.92. The van der Waals surface area contributed by atoms with Crippen LogP contribution in [0.2, 0.25) is 5.02 Å². The summed E-state index contributed by atoms with van der Waals surface area (Å²) < 4.78 is 10.4. The first kappa shape index (κ1) is 19.7. The average molecular weight is 381 g/mol. The summed E-state index contributed by atoms with van der Waals surface area (Å²) in [5, 5.41) is 5.74. The number of carbonyl (C=O) groups is 2. The van der Waals surface area contributed by atoms with Crippen LogP contribution in [0.1, 0.15) is 42.8 Å². The Labute approximate surface area is 156 Å². The molecule has 2 amide bonds. The van der Waals surface area contributed by atoms with E-state index in [2.05, 4.69) is 20.6 Å². The zero-order valence-corrected chi connectivity index (χ0v) is 15.6. The van der Waals surface area contributed by atoms with E-state index >= 15 is 0 Å². The van der Waals surface area contributed by atoms with E-state index in [1.54, 1.807) is 39.1 Å². The number of aromatic nitrogens is 2. The molecule has 0 aromatic carbocycles. The van der Waals surface area contributed by atoms with Crippen LogP contribution in [0.4, 0.5) is 4.79 Å². The third-order valence-corrected chi connectivity index (χ3v) is 3.39. The number of rotatable bonds is 6. The van der Waals surface area contributed by atoms with Gasteiger partial charge in [0, 0.05) is 19.2 Å². The Kier molecular flexibility index (Phi) is 6.57. The van der Waals surface area contributed by atoms with Gasteiger partial charge in [-0.05, 0) is 32.9 Å². The maximum absolute atomic E-state index is 12.1. The second-order valence-electron chi connectivity index (χ2n) is 6.42. The lowest BCUT2D eigenvalue weighted by molar-refractivity contribution is 0.0527. The van der Waals surface area contributed by atoms with Gasteiger partial charge in [0.1, 0.15) is 11.9 Å². The van der Waals surface area contributed by atoms with Crippen molar-refractivity contribution in [3.63, 3.8) is 0 Å². The van der Waals surface area contributed by atoms with Gasteiger partial charge < -0.3 is 19.8 Å². The first-order valence-corrected chi connectivity index (χ1v) is 8.41. The van der Waals surface area contributed by atoms with Crippen LogP contribution in [0, 0.1) is 0 Å². The van der Waals surface area contributed by atoms with Crippen molar-refractivity contribution in [1.29, 1.82) is 0 Å². The molecule has 8 nitrogen and oxygen atoms in total. The summed E-state index contributed by atoms with van der Waals surface area (Å²) in [6.45, 7) is 5.80. The van der Waals surface area contributed by atoms with Crippen molar-refractivity contribution in [1.82, 2.24) is 20.6 Å². The standard InChI is InChI=1S/C17H21ClN4O4/c1-17(2,3)26-16(24)20-8-6-14-22-13(10-25-14)15(23)21-9-12-11(18)5-4-7-19-12/h4-5,7,10H,6,8-9H2,1-3H3,(H,20,24)(H,21,23). The van der Waals surface area contributed by atoms with Crippen molar-refractivity contribution < 1.29 is 18.7 Å². The molecule has 2 heterocycles. The molecule has 26 heavy (non-hydrogen) atoms. The molecule has 2 aromatic heterocycles. The molecule has 0 radical (unpaired) electrons. The van der Waals surface area contributed by atoms with E-state index in [1.807, 2.05) is 0 Å². The van der Waals surface area contributed by atoms with Gasteiger partial charge in [0.05, 0.1) is 17.3 Å². The Hall–Kier alpha value is -2.61. The van der Waals surface area contributed by atoms with Crippen molar-refractivity contribution in [2.24, 2.45) is 0 Å². The molecule has 0 spiro atoms. The molecule has 9 heteroatoms. The highest BCUT2D eigenvalue weighted by molar-refractivity contribution is 6.31. The molecule has 2 N–H and O–H groups in total. The molecule has 0 unspecified atom stereocenters. The summed E-state index contributed by atoms with van der Waals surface area (Å²) in [6.07, 6.45) is 2.67. The normalized spacial score (nSPS) is 11.1. The minimum atomic E-state index is -0.561. The van der Waals surface area contributed by atoms with Gasteiger partial charge in [0.2, 0.25) is 0 Å². The highest BCUT2D eigenvalue weighted by Crippen LogP contribution is 2.12. The summed E-state index contributed by atoms with van der Waals surface area (Å²) in [5.41, 5.74) is 0.145. The van der Waals surface area contributed by atoms with Crippen molar-refractivity contribution in [3.8, 4) is 0 Å². The predicted octanol–water partition coefficient (Wildman–Crippen LogP) is 2.72. The number of pyridine rings is 1. The predicted molar refractivity (Wildman–Crippen MR) is 94.9 cm³/mol. The lowest BCUT2D eigenvalue weighted by Crippen LogP contribution is -2.33. The molecule has 0 saturated carbocycles. The number of alkyl carbamates (subject to hydrolysis) is 1. The van der Waals surface area contributed by atoms with E-state index in [0.29, 0.717) is 23.0 Å². The second kappa shape index (κ2) is 8.66. The summed E-state index contributed by atoms with van der Waals surface area (Å²) in [6, 6.07) is 3.41. The Balaban J connectivity index is 1.79. The van der Waals surface area contributed by atoms with Gasteiger partial charge >= 0.3 is 6.09 Å². The van der Waals surface area contributed by atoms with Crippen LogP contribution < -0.4 is 10.6 Å². The molecule has 0 aliphatic heterocycles. The average Bonchev–Trinajstić information content (AvgIpc) is 3.01. The molecule has 140 valence electrons. The van der Waals surface area contributed by atoms with Crippen molar-refractivity contribution in [3.05, 3.63) is 46.9 Å². The van der Waals surface area contributed by atoms with Gasteiger partial charge in [-0.1, -0.05) is 11.6 Å². The minimum Gasteiger partial charge on any atom is -0.448 e. The van der Waals surface area contributed by atoms with E-state index in [0.717, 1.165) is 0 Å². The quantitative estimate of drug-likeness (QED) is 0.798. The Morgan fingerprint density at radius 1 is 1.31 bits per heavy atom. The molecule has 0 bridgehead atoms. The molecule has 2 aromatic rings. The minimum absolute atomic E-state index is 0.143. The lowest BCUT2D eigenvalue weighted by Gasteiger charge is -2.19. The van der Waals surface area contributed by atoms with Gasteiger partial charge in [-0.15, -0.1) is 0 Å². The van der Waals surface area contributed by atoms with Crippen molar-refractivity contribution >= 4 is 23.6 Å². The van der Waals surface area contributed by atoms with E-state index in [-0.39, 0.29) is 18.8 Å². The van der Waals surface area contributed by atoms with Gasteiger partial charge in [-0.2, -0.15) is 0 Å². The SMILES string of the molecule is CC(C)(C)OC(=O)NCCc1nc(C(=O)NCc2ncccc2Cl)co1. The second-order valence-corrected chi connectivity index (χ2v) is 6.83. The fraction of sp³-hybridized carbons (Fsp3) is 0.412.